The molecular weight excluding hydrogens is 352 g/mol. The maximum atomic E-state index is 11.4. The molecule has 0 unspecified atom stereocenters. The average molecular weight is 368 g/mol. The van der Waals surface area contributed by atoms with Gasteiger partial charge in [-0.15, -0.1) is 11.3 Å². The Morgan fingerprint density at radius 2 is 2.25 bits per heavy atom. The van der Waals surface area contributed by atoms with Gasteiger partial charge in [0, 0.05) is 28.8 Å². The molecular formula is C15H16N2O5S2. The molecule has 128 valence electrons. The molecule has 9 heteroatoms. The highest BCUT2D eigenvalue weighted by Gasteiger charge is 2.13. The molecule has 0 radical (unpaired) electrons. The van der Waals surface area contributed by atoms with Gasteiger partial charge < -0.3 is 9.47 Å². The van der Waals surface area contributed by atoms with Crippen LogP contribution in [-0.2, 0) is 21.7 Å². The minimum absolute atomic E-state index is 0.0218. The number of benzene rings is 1. The second-order valence-corrected chi connectivity index (χ2v) is 6.71. The van der Waals surface area contributed by atoms with Crippen LogP contribution in [0.2, 0.25) is 0 Å². The average Bonchev–Trinajstić information content (AvgIpc) is 3.00. The Hall–Kier alpha value is -2.13. The van der Waals surface area contributed by atoms with Crippen molar-refractivity contribution in [2.24, 2.45) is 0 Å². The van der Waals surface area contributed by atoms with Gasteiger partial charge in [0.25, 0.3) is 5.69 Å². The SMILES string of the molecule is CCOC(=O)Cc1csc(SCc2cc([N+](=O)[O-])ccc2OC)n1. The summed E-state index contributed by atoms with van der Waals surface area (Å²) in [7, 11) is 1.52. The van der Waals surface area contributed by atoms with Gasteiger partial charge in [-0.25, -0.2) is 4.98 Å². The van der Waals surface area contributed by atoms with Crippen LogP contribution in [0.5, 0.6) is 5.75 Å². The second kappa shape index (κ2) is 8.65. The van der Waals surface area contributed by atoms with Crippen molar-refractivity contribution >= 4 is 34.8 Å². The molecule has 0 aliphatic rings. The van der Waals surface area contributed by atoms with Gasteiger partial charge >= 0.3 is 5.97 Å². The van der Waals surface area contributed by atoms with Crippen LogP contribution in [0.25, 0.3) is 0 Å². The molecule has 0 fully saturated rings. The summed E-state index contributed by atoms with van der Waals surface area (Å²) < 4.78 is 10.9. The minimum atomic E-state index is -0.436. The Morgan fingerprint density at radius 1 is 1.46 bits per heavy atom. The number of nitro benzene ring substituents is 1. The van der Waals surface area contributed by atoms with Gasteiger partial charge in [0.2, 0.25) is 0 Å². The number of ether oxygens (including phenoxy) is 2. The zero-order valence-electron chi connectivity index (χ0n) is 13.2. The van der Waals surface area contributed by atoms with Gasteiger partial charge in [0.05, 0.1) is 30.8 Å². The zero-order valence-corrected chi connectivity index (χ0v) is 14.8. The van der Waals surface area contributed by atoms with Crippen LogP contribution < -0.4 is 4.74 Å². The third kappa shape index (κ3) is 4.93. The topological polar surface area (TPSA) is 91.6 Å². The molecule has 1 aromatic heterocycles. The molecule has 0 saturated carbocycles. The number of hydrogen-bond donors (Lipinski definition) is 0. The van der Waals surface area contributed by atoms with Crippen LogP contribution in [0.1, 0.15) is 18.2 Å². The third-order valence-electron chi connectivity index (χ3n) is 2.99. The summed E-state index contributed by atoms with van der Waals surface area (Å²) in [5.74, 6) is 0.771. The van der Waals surface area contributed by atoms with Crippen LogP contribution in [0.3, 0.4) is 0 Å². The van der Waals surface area contributed by atoms with E-state index in [2.05, 4.69) is 4.98 Å². The first-order chi connectivity index (χ1) is 11.5. The van der Waals surface area contributed by atoms with Crippen LogP contribution in [0, 0.1) is 10.1 Å². The largest absolute Gasteiger partial charge is 0.496 e. The van der Waals surface area contributed by atoms with E-state index in [0.29, 0.717) is 23.8 Å². The van der Waals surface area contributed by atoms with Crippen molar-refractivity contribution in [1.29, 1.82) is 0 Å². The molecule has 24 heavy (non-hydrogen) atoms. The number of methoxy groups -OCH3 is 1. The molecule has 7 nitrogen and oxygen atoms in total. The Bertz CT molecular complexity index is 732. The first-order valence-electron chi connectivity index (χ1n) is 7.07. The number of thiazole rings is 1. The number of rotatable bonds is 8. The van der Waals surface area contributed by atoms with Crippen molar-refractivity contribution in [3.63, 3.8) is 0 Å². The molecule has 0 bridgehead atoms. The number of aromatic nitrogens is 1. The summed E-state index contributed by atoms with van der Waals surface area (Å²) in [4.78, 5) is 26.3. The van der Waals surface area contributed by atoms with E-state index in [0.717, 1.165) is 9.90 Å². The Kier molecular flexibility index (Phi) is 6.56. The number of non-ortho nitro benzene ring substituents is 1. The number of carbonyl (C=O) groups excluding carboxylic acids is 1. The van der Waals surface area contributed by atoms with Crippen molar-refractivity contribution < 1.29 is 19.2 Å². The summed E-state index contributed by atoms with van der Waals surface area (Å²) in [6, 6.07) is 4.49. The fourth-order valence-electron chi connectivity index (χ4n) is 1.93. The van der Waals surface area contributed by atoms with Gasteiger partial charge in [-0.3, -0.25) is 14.9 Å². The van der Waals surface area contributed by atoms with E-state index in [1.807, 2.05) is 5.38 Å². The first kappa shape index (κ1) is 18.2. The lowest BCUT2D eigenvalue weighted by atomic mass is 10.2. The predicted molar refractivity (Wildman–Crippen MR) is 91.7 cm³/mol. The van der Waals surface area contributed by atoms with Crippen LogP contribution in [-0.4, -0.2) is 29.6 Å². The molecule has 0 atom stereocenters. The maximum absolute atomic E-state index is 11.4. The monoisotopic (exact) mass is 368 g/mol. The normalized spacial score (nSPS) is 10.4. The molecule has 0 spiro atoms. The van der Waals surface area contributed by atoms with E-state index in [1.54, 1.807) is 13.0 Å². The van der Waals surface area contributed by atoms with Gasteiger partial charge in [-0.2, -0.15) is 0 Å². The van der Waals surface area contributed by atoms with Crippen LogP contribution in [0.4, 0.5) is 5.69 Å². The van der Waals surface area contributed by atoms with Gasteiger partial charge in [-0.1, -0.05) is 11.8 Å². The minimum Gasteiger partial charge on any atom is -0.496 e. The van der Waals surface area contributed by atoms with Crippen molar-refractivity contribution in [2.45, 2.75) is 23.4 Å². The summed E-state index contributed by atoms with van der Waals surface area (Å²) in [6.45, 7) is 2.10. The summed E-state index contributed by atoms with van der Waals surface area (Å²) in [6.07, 6.45) is 0.144. The maximum Gasteiger partial charge on any atom is 0.311 e. The molecule has 0 amide bonds. The van der Waals surface area contributed by atoms with E-state index < -0.39 is 4.92 Å². The summed E-state index contributed by atoms with van der Waals surface area (Å²) >= 11 is 2.86. The molecule has 1 aromatic carbocycles. The lowest BCUT2D eigenvalue weighted by molar-refractivity contribution is -0.384. The second-order valence-electron chi connectivity index (χ2n) is 4.63. The zero-order chi connectivity index (χ0) is 17.5. The fraction of sp³-hybridized carbons (Fsp3) is 0.333. The van der Waals surface area contributed by atoms with E-state index in [9.17, 15) is 14.9 Å². The van der Waals surface area contributed by atoms with Gasteiger partial charge in [-0.05, 0) is 13.0 Å². The number of esters is 1. The van der Waals surface area contributed by atoms with E-state index in [-0.39, 0.29) is 18.1 Å². The number of thioether (sulfide) groups is 1. The lowest BCUT2D eigenvalue weighted by Gasteiger charge is -2.07. The number of nitro groups is 1. The molecule has 2 rings (SSSR count). The van der Waals surface area contributed by atoms with E-state index in [1.165, 1.54) is 42.3 Å². The quantitative estimate of drug-likeness (QED) is 0.305. The molecule has 1 heterocycles. The highest BCUT2D eigenvalue weighted by Crippen LogP contribution is 2.32. The van der Waals surface area contributed by atoms with Crippen molar-refractivity contribution in [3.8, 4) is 5.75 Å². The van der Waals surface area contributed by atoms with E-state index in [4.69, 9.17) is 9.47 Å². The molecule has 0 N–H and O–H groups in total. The fourth-order valence-corrected chi connectivity index (χ4v) is 3.75. The predicted octanol–water partition coefficient (Wildman–Crippen LogP) is 3.46. The highest BCUT2D eigenvalue weighted by atomic mass is 32.2. The van der Waals surface area contributed by atoms with Crippen molar-refractivity contribution in [2.75, 3.05) is 13.7 Å². The van der Waals surface area contributed by atoms with E-state index >= 15 is 0 Å². The lowest BCUT2D eigenvalue weighted by Crippen LogP contribution is -2.07. The number of hydrogen-bond acceptors (Lipinski definition) is 8. The Morgan fingerprint density at radius 3 is 2.92 bits per heavy atom. The number of carbonyl (C=O) groups is 1. The molecule has 0 saturated heterocycles. The Labute approximate surface area is 147 Å². The highest BCUT2D eigenvalue weighted by molar-refractivity contribution is 8.00. The third-order valence-corrected chi connectivity index (χ3v) is 5.11. The van der Waals surface area contributed by atoms with Crippen molar-refractivity contribution in [3.05, 3.63) is 45.0 Å². The first-order valence-corrected chi connectivity index (χ1v) is 8.94. The smallest absolute Gasteiger partial charge is 0.311 e. The molecule has 0 aliphatic carbocycles. The molecule has 2 aromatic rings. The van der Waals surface area contributed by atoms with Crippen LogP contribution in [0.15, 0.2) is 27.9 Å². The van der Waals surface area contributed by atoms with Gasteiger partial charge in [0.15, 0.2) is 0 Å². The number of nitrogens with zero attached hydrogens (tertiary/aromatic N) is 2. The Balaban J connectivity index is 2.03. The summed E-state index contributed by atoms with van der Waals surface area (Å²) in [5, 5.41) is 12.7. The van der Waals surface area contributed by atoms with Crippen LogP contribution >= 0.6 is 23.1 Å². The van der Waals surface area contributed by atoms with Crippen molar-refractivity contribution in [1.82, 2.24) is 4.98 Å². The summed E-state index contributed by atoms with van der Waals surface area (Å²) in [5.41, 5.74) is 1.40. The molecule has 0 aliphatic heterocycles. The van der Waals surface area contributed by atoms with Gasteiger partial charge in [0.1, 0.15) is 10.1 Å². The standard InChI is InChI=1S/C15H16N2O5S2/c1-3-22-14(18)7-11-9-24-15(16-11)23-8-10-6-12(17(19)20)4-5-13(10)21-2/h4-6,9H,3,7-8H2,1-2H3.